The summed E-state index contributed by atoms with van der Waals surface area (Å²) in [6.07, 6.45) is 0. The molecule has 5 aromatic carbocycles. The minimum Gasteiger partial charge on any atom is -0.278 e. The SMILES string of the molecule is c1ccc2c(c1)Sc1cccc3nc(-n4c5ccccc5c5c6sc7ccccc7c6ccc54)nc-2c13. The van der Waals surface area contributed by atoms with Crippen LogP contribution in [-0.4, -0.2) is 14.5 Å². The second-order valence-corrected chi connectivity index (χ2v) is 11.5. The highest BCUT2D eigenvalue weighted by Gasteiger charge is 2.24. The lowest BCUT2D eigenvalue weighted by Gasteiger charge is -2.20. The summed E-state index contributed by atoms with van der Waals surface area (Å²) in [7, 11) is 0. The Morgan fingerprint density at radius 2 is 1.38 bits per heavy atom. The topological polar surface area (TPSA) is 30.7 Å². The summed E-state index contributed by atoms with van der Waals surface area (Å²) in [6, 6.07) is 36.8. The molecule has 1 aliphatic rings. The molecule has 0 saturated heterocycles. The fourth-order valence-electron chi connectivity index (χ4n) is 5.84. The molecule has 0 atom stereocenters. The van der Waals surface area contributed by atoms with Crippen LogP contribution in [0.15, 0.2) is 113 Å². The average molecular weight is 508 g/mol. The van der Waals surface area contributed by atoms with Gasteiger partial charge in [-0.2, -0.15) is 0 Å². The van der Waals surface area contributed by atoms with Crippen molar-refractivity contribution in [3.8, 4) is 17.2 Å². The first kappa shape index (κ1) is 19.9. The van der Waals surface area contributed by atoms with Crippen LogP contribution in [-0.2, 0) is 0 Å². The van der Waals surface area contributed by atoms with Crippen LogP contribution in [0.3, 0.4) is 0 Å². The number of hydrogen-bond acceptors (Lipinski definition) is 4. The van der Waals surface area contributed by atoms with Crippen LogP contribution in [0.1, 0.15) is 0 Å². The van der Waals surface area contributed by atoms with Gasteiger partial charge in [0.1, 0.15) is 0 Å². The number of aromatic nitrogens is 3. The van der Waals surface area contributed by atoms with Gasteiger partial charge in [-0.05, 0) is 36.4 Å². The molecule has 8 aromatic rings. The summed E-state index contributed by atoms with van der Waals surface area (Å²) in [5.74, 6) is 0.716. The van der Waals surface area contributed by atoms with Crippen molar-refractivity contribution in [2.75, 3.05) is 0 Å². The standard InChI is InChI=1S/C32H17N3S2/c1-4-12-23-20(9-1)28-24(17-16-19-18-8-2-5-13-25(18)37-31(19)28)35(23)32-33-22-11-7-15-27-29(22)30(34-32)21-10-3-6-14-26(21)36-27/h1-17H. The zero-order chi connectivity index (χ0) is 24.1. The van der Waals surface area contributed by atoms with Gasteiger partial charge in [0.2, 0.25) is 5.95 Å². The zero-order valence-corrected chi connectivity index (χ0v) is 21.1. The Balaban J connectivity index is 1.44. The Morgan fingerprint density at radius 3 is 2.35 bits per heavy atom. The van der Waals surface area contributed by atoms with Crippen molar-refractivity contribution in [3.05, 3.63) is 103 Å². The summed E-state index contributed by atoms with van der Waals surface area (Å²) in [4.78, 5) is 12.9. The highest BCUT2D eigenvalue weighted by Crippen LogP contribution is 2.47. The molecular formula is C32H17N3S2. The minimum absolute atomic E-state index is 0.716. The van der Waals surface area contributed by atoms with Crippen LogP contribution in [0.4, 0.5) is 0 Å². The zero-order valence-electron chi connectivity index (χ0n) is 19.5. The monoisotopic (exact) mass is 507 g/mol. The number of benzene rings is 5. The van der Waals surface area contributed by atoms with E-state index in [1.807, 2.05) is 11.3 Å². The van der Waals surface area contributed by atoms with E-state index in [0.717, 1.165) is 27.6 Å². The molecule has 0 amide bonds. The largest absolute Gasteiger partial charge is 0.278 e. The van der Waals surface area contributed by atoms with Gasteiger partial charge in [0.25, 0.3) is 0 Å². The van der Waals surface area contributed by atoms with Crippen molar-refractivity contribution < 1.29 is 0 Å². The van der Waals surface area contributed by atoms with Gasteiger partial charge >= 0.3 is 0 Å². The molecule has 37 heavy (non-hydrogen) atoms. The molecule has 0 fully saturated rings. The third-order valence-corrected chi connectivity index (χ3v) is 9.76. The third-order valence-electron chi connectivity index (χ3n) is 7.42. The van der Waals surface area contributed by atoms with Crippen LogP contribution in [0.5, 0.6) is 0 Å². The van der Waals surface area contributed by atoms with E-state index in [9.17, 15) is 0 Å². The number of para-hydroxylation sites is 1. The highest BCUT2D eigenvalue weighted by molar-refractivity contribution is 7.99. The first-order valence-electron chi connectivity index (χ1n) is 12.3. The molecule has 172 valence electrons. The Hall–Kier alpha value is -4.19. The molecule has 9 rings (SSSR count). The smallest absolute Gasteiger partial charge is 0.235 e. The molecule has 5 heteroatoms. The molecule has 0 aliphatic carbocycles. The Morgan fingerprint density at radius 1 is 0.568 bits per heavy atom. The van der Waals surface area contributed by atoms with Gasteiger partial charge in [0.05, 0.1) is 22.2 Å². The van der Waals surface area contributed by atoms with Crippen molar-refractivity contribution in [1.82, 2.24) is 14.5 Å². The summed E-state index contributed by atoms with van der Waals surface area (Å²) in [5.41, 5.74) is 5.43. The second kappa shape index (κ2) is 7.19. The normalized spacial score (nSPS) is 12.8. The lowest BCUT2D eigenvalue weighted by Crippen LogP contribution is -2.05. The maximum absolute atomic E-state index is 5.28. The predicted octanol–water partition coefficient (Wildman–Crippen LogP) is 9.23. The second-order valence-electron chi connectivity index (χ2n) is 9.41. The lowest BCUT2D eigenvalue weighted by atomic mass is 10.1. The molecule has 0 saturated carbocycles. The number of thiophene rings is 1. The molecule has 3 aromatic heterocycles. The molecule has 0 N–H and O–H groups in total. The van der Waals surface area contributed by atoms with Crippen molar-refractivity contribution in [1.29, 1.82) is 0 Å². The van der Waals surface area contributed by atoms with Crippen molar-refractivity contribution in [2.24, 2.45) is 0 Å². The van der Waals surface area contributed by atoms with E-state index in [1.165, 1.54) is 46.3 Å². The van der Waals surface area contributed by atoms with Crippen LogP contribution in [0, 0.1) is 0 Å². The molecule has 0 spiro atoms. The van der Waals surface area contributed by atoms with Gasteiger partial charge in [0.15, 0.2) is 0 Å². The summed E-state index contributed by atoms with van der Waals surface area (Å²) < 4.78 is 4.89. The highest BCUT2D eigenvalue weighted by atomic mass is 32.2. The third kappa shape index (κ3) is 2.62. The van der Waals surface area contributed by atoms with Gasteiger partial charge < -0.3 is 0 Å². The minimum atomic E-state index is 0.716. The van der Waals surface area contributed by atoms with E-state index in [1.54, 1.807) is 11.8 Å². The lowest BCUT2D eigenvalue weighted by molar-refractivity contribution is 1.01. The van der Waals surface area contributed by atoms with Gasteiger partial charge in [-0.15, -0.1) is 11.3 Å². The average Bonchev–Trinajstić information content (AvgIpc) is 3.49. The van der Waals surface area contributed by atoms with E-state index in [0.29, 0.717) is 5.95 Å². The predicted molar refractivity (Wildman–Crippen MR) is 156 cm³/mol. The van der Waals surface area contributed by atoms with Crippen LogP contribution >= 0.6 is 23.1 Å². The van der Waals surface area contributed by atoms with Gasteiger partial charge in [0, 0.05) is 51.7 Å². The van der Waals surface area contributed by atoms with E-state index < -0.39 is 0 Å². The maximum Gasteiger partial charge on any atom is 0.235 e. The van der Waals surface area contributed by atoms with Crippen molar-refractivity contribution >= 4 is 76.0 Å². The molecule has 0 radical (unpaired) electrons. The van der Waals surface area contributed by atoms with Gasteiger partial charge in [-0.1, -0.05) is 78.5 Å². The van der Waals surface area contributed by atoms with E-state index >= 15 is 0 Å². The summed E-state index contributed by atoms with van der Waals surface area (Å²) in [5, 5.41) is 6.27. The first-order chi connectivity index (χ1) is 18.3. The fraction of sp³-hybridized carbons (Fsp3) is 0. The maximum atomic E-state index is 5.28. The summed E-state index contributed by atoms with van der Waals surface area (Å²) in [6.45, 7) is 0. The first-order valence-corrected chi connectivity index (χ1v) is 13.9. The number of rotatable bonds is 1. The van der Waals surface area contributed by atoms with Gasteiger partial charge in [-0.3, -0.25) is 4.57 Å². The van der Waals surface area contributed by atoms with Gasteiger partial charge in [-0.25, -0.2) is 9.97 Å². The molecule has 0 bridgehead atoms. The number of fused-ring (bicyclic) bond motifs is 9. The Labute approximate surface area is 220 Å². The van der Waals surface area contributed by atoms with Crippen molar-refractivity contribution in [3.63, 3.8) is 0 Å². The van der Waals surface area contributed by atoms with E-state index in [2.05, 4.69) is 108 Å². The van der Waals surface area contributed by atoms with Crippen LogP contribution in [0.2, 0.25) is 0 Å². The molecule has 0 unspecified atom stereocenters. The molecular weight excluding hydrogens is 491 g/mol. The Bertz CT molecular complexity index is 2240. The number of hydrogen-bond donors (Lipinski definition) is 0. The van der Waals surface area contributed by atoms with Crippen molar-refractivity contribution in [2.45, 2.75) is 9.79 Å². The van der Waals surface area contributed by atoms with E-state index in [-0.39, 0.29) is 0 Å². The molecule has 1 aliphatic heterocycles. The quantitative estimate of drug-likeness (QED) is 0.222. The summed E-state index contributed by atoms with van der Waals surface area (Å²) >= 11 is 3.67. The van der Waals surface area contributed by atoms with Crippen LogP contribution < -0.4 is 0 Å². The molecule has 4 heterocycles. The fourth-order valence-corrected chi connectivity index (χ4v) is 8.21. The van der Waals surface area contributed by atoms with E-state index in [4.69, 9.17) is 9.97 Å². The number of nitrogens with zero attached hydrogens (tertiary/aromatic N) is 3. The Kier molecular flexibility index (Phi) is 3.87. The molecule has 3 nitrogen and oxygen atoms in total. The van der Waals surface area contributed by atoms with Crippen LogP contribution in [0.25, 0.3) is 70.1 Å².